The van der Waals surface area contributed by atoms with E-state index < -0.39 is 5.60 Å². The second kappa shape index (κ2) is 11.4. The molecule has 0 aliphatic carbocycles. The smallest absolute Gasteiger partial charge is 0.410 e. The molecule has 1 aromatic heterocycles. The van der Waals surface area contributed by atoms with Gasteiger partial charge in [0.1, 0.15) is 11.3 Å². The van der Waals surface area contributed by atoms with Gasteiger partial charge >= 0.3 is 6.09 Å². The van der Waals surface area contributed by atoms with Gasteiger partial charge in [0.2, 0.25) is 0 Å². The molecule has 0 radical (unpaired) electrons. The summed E-state index contributed by atoms with van der Waals surface area (Å²) in [6.07, 6.45) is 2.01. The number of amides is 1. The first-order valence-electron chi connectivity index (χ1n) is 13.4. The largest absolute Gasteiger partial charge is 0.444 e. The lowest BCUT2D eigenvalue weighted by molar-refractivity contribution is -0.00808. The third-order valence-electron chi connectivity index (χ3n) is 6.93. The Labute approximate surface area is 229 Å². The summed E-state index contributed by atoms with van der Waals surface area (Å²) in [5.41, 5.74) is 5.61. The Morgan fingerprint density at radius 3 is 2.33 bits per heavy atom. The first-order chi connectivity index (χ1) is 18.8. The summed E-state index contributed by atoms with van der Waals surface area (Å²) >= 11 is 0. The van der Waals surface area contributed by atoms with Gasteiger partial charge in [0.15, 0.2) is 6.29 Å². The minimum Gasteiger partial charge on any atom is -0.444 e. The standard InChI is InChI=1S/C33H34N2O4/c1-33(2,3)39-32(37)35(26-15-17-38-18-16-26)21-23-13-14-31-30(19-23)29(20-25(22-36)34-31)28-12-8-7-11-27(28)24-9-5-4-6-10-24/h4-14,19-20,22,26H,15-18,21H2,1-3H3. The molecular weight excluding hydrogens is 488 g/mol. The molecule has 1 amide bonds. The van der Waals surface area contributed by atoms with Crippen LogP contribution in [0.5, 0.6) is 0 Å². The third-order valence-corrected chi connectivity index (χ3v) is 6.93. The van der Waals surface area contributed by atoms with Crippen molar-refractivity contribution in [3.63, 3.8) is 0 Å². The van der Waals surface area contributed by atoms with Gasteiger partial charge in [0, 0.05) is 31.2 Å². The van der Waals surface area contributed by atoms with Crippen molar-refractivity contribution >= 4 is 23.3 Å². The summed E-state index contributed by atoms with van der Waals surface area (Å²) in [5.74, 6) is 0. The quantitative estimate of drug-likeness (QED) is 0.249. The molecule has 3 aromatic carbocycles. The number of benzene rings is 3. The van der Waals surface area contributed by atoms with Gasteiger partial charge in [-0.1, -0.05) is 60.7 Å². The SMILES string of the molecule is CC(C)(C)OC(=O)N(Cc1ccc2nc(C=O)cc(-c3ccccc3-c3ccccc3)c2c1)C1CCOCC1. The summed E-state index contributed by atoms with van der Waals surface area (Å²) < 4.78 is 11.4. The van der Waals surface area contributed by atoms with Gasteiger partial charge in [-0.25, -0.2) is 9.78 Å². The van der Waals surface area contributed by atoms with Gasteiger partial charge in [-0.15, -0.1) is 0 Å². The van der Waals surface area contributed by atoms with Crippen molar-refractivity contribution in [3.05, 3.63) is 90.1 Å². The molecule has 6 heteroatoms. The minimum absolute atomic E-state index is 0.0399. The van der Waals surface area contributed by atoms with E-state index in [-0.39, 0.29) is 12.1 Å². The van der Waals surface area contributed by atoms with E-state index in [1.165, 1.54) is 0 Å². The molecule has 0 N–H and O–H groups in total. The van der Waals surface area contributed by atoms with Gasteiger partial charge < -0.3 is 14.4 Å². The molecule has 39 heavy (non-hydrogen) atoms. The average molecular weight is 523 g/mol. The van der Waals surface area contributed by atoms with E-state index in [9.17, 15) is 9.59 Å². The fourth-order valence-electron chi connectivity index (χ4n) is 5.12. The van der Waals surface area contributed by atoms with E-state index in [0.717, 1.165) is 57.8 Å². The van der Waals surface area contributed by atoms with E-state index in [0.29, 0.717) is 25.5 Å². The van der Waals surface area contributed by atoms with Crippen LogP contribution in [-0.2, 0) is 16.0 Å². The number of aldehydes is 1. The lowest BCUT2D eigenvalue weighted by Crippen LogP contribution is -2.45. The Bertz CT molecular complexity index is 1470. The molecule has 4 aromatic rings. The molecule has 0 saturated carbocycles. The number of aromatic nitrogens is 1. The van der Waals surface area contributed by atoms with Crippen LogP contribution in [-0.4, -0.2) is 47.1 Å². The molecule has 0 unspecified atom stereocenters. The second-order valence-corrected chi connectivity index (χ2v) is 10.9. The summed E-state index contributed by atoms with van der Waals surface area (Å²) in [4.78, 5) is 31.6. The van der Waals surface area contributed by atoms with Crippen LogP contribution in [0.15, 0.2) is 78.9 Å². The maximum absolute atomic E-state index is 13.3. The van der Waals surface area contributed by atoms with Gasteiger partial charge in [-0.2, -0.15) is 0 Å². The summed E-state index contributed by atoms with van der Waals surface area (Å²) in [6.45, 7) is 7.31. The van der Waals surface area contributed by atoms with Crippen LogP contribution < -0.4 is 0 Å². The number of pyridine rings is 1. The highest BCUT2D eigenvalue weighted by Crippen LogP contribution is 2.36. The number of carbonyl (C=O) groups excluding carboxylic acids is 2. The summed E-state index contributed by atoms with van der Waals surface area (Å²) in [5, 5.41) is 0.928. The first-order valence-corrected chi connectivity index (χ1v) is 13.4. The zero-order valence-corrected chi connectivity index (χ0v) is 22.7. The normalized spacial score (nSPS) is 14.2. The minimum atomic E-state index is -0.590. The van der Waals surface area contributed by atoms with E-state index in [2.05, 4.69) is 35.3 Å². The fourth-order valence-corrected chi connectivity index (χ4v) is 5.12. The Kier molecular flexibility index (Phi) is 7.75. The van der Waals surface area contributed by atoms with Gasteiger partial charge in [-0.05, 0) is 79.6 Å². The molecule has 5 rings (SSSR count). The molecule has 6 nitrogen and oxygen atoms in total. The van der Waals surface area contributed by atoms with Crippen LogP contribution >= 0.6 is 0 Å². The predicted octanol–water partition coefficient (Wildman–Crippen LogP) is 7.30. The number of hydrogen-bond acceptors (Lipinski definition) is 5. The van der Waals surface area contributed by atoms with Crippen LogP contribution in [0, 0.1) is 0 Å². The Balaban J connectivity index is 1.59. The molecular formula is C33H34N2O4. The van der Waals surface area contributed by atoms with Crippen molar-refractivity contribution in [1.29, 1.82) is 0 Å². The maximum Gasteiger partial charge on any atom is 0.410 e. The number of rotatable bonds is 6. The number of fused-ring (bicyclic) bond motifs is 1. The van der Waals surface area contributed by atoms with Crippen molar-refractivity contribution in [2.45, 2.75) is 51.8 Å². The summed E-state index contributed by atoms with van der Waals surface area (Å²) in [7, 11) is 0. The molecule has 1 saturated heterocycles. The van der Waals surface area contributed by atoms with Crippen molar-refractivity contribution in [1.82, 2.24) is 9.88 Å². The zero-order valence-electron chi connectivity index (χ0n) is 22.7. The van der Waals surface area contributed by atoms with E-state index in [1.54, 1.807) is 0 Å². The first kappa shape index (κ1) is 26.6. The third kappa shape index (κ3) is 6.18. The zero-order chi connectivity index (χ0) is 27.4. The van der Waals surface area contributed by atoms with Gasteiger partial charge in [0.05, 0.1) is 5.52 Å². The topological polar surface area (TPSA) is 68.7 Å². The van der Waals surface area contributed by atoms with Crippen LogP contribution in [0.2, 0.25) is 0 Å². The molecule has 0 atom stereocenters. The van der Waals surface area contributed by atoms with E-state index in [4.69, 9.17) is 9.47 Å². The lowest BCUT2D eigenvalue weighted by Gasteiger charge is -2.35. The molecule has 1 aliphatic heterocycles. The highest BCUT2D eigenvalue weighted by Gasteiger charge is 2.30. The molecule has 2 heterocycles. The molecule has 0 bridgehead atoms. The van der Waals surface area contributed by atoms with Gasteiger partial charge in [0.25, 0.3) is 0 Å². The van der Waals surface area contributed by atoms with Crippen LogP contribution in [0.25, 0.3) is 33.2 Å². The van der Waals surface area contributed by atoms with E-state index >= 15 is 0 Å². The molecule has 1 aliphatic rings. The highest BCUT2D eigenvalue weighted by molar-refractivity contribution is 6.01. The number of nitrogens with zero attached hydrogens (tertiary/aromatic N) is 2. The molecule has 1 fully saturated rings. The van der Waals surface area contributed by atoms with Crippen molar-refractivity contribution < 1.29 is 19.1 Å². The lowest BCUT2D eigenvalue weighted by atomic mass is 9.91. The Hall–Kier alpha value is -4.03. The van der Waals surface area contributed by atoms with Crippen LogP contribution in [0.4, 0.5) is 4.79 Å². The molecule has 0 spiro atoms. The highest BCUT2D eigenvalue weighted by atomic mass is 16.6. The second-order valence-electron chi connectivity index (χ2n) is 10.9. The average Bonchev–Trinajstić information content (AvgIpc) is 2.95. The van der Waals surface area contributed by atoms with Crippen LogP contribution in [0.3, 0.4) is 0 Å². The van der Waals surface area contributed by atoms with Crippen LogP contribution in [0.1, 0.15) is 49.7 Å². The van der Waals surface area contributed by atoms with Crippen molar-refractivity contribution in [3.8, 4) is 22.3 Å². The Morgan fingerprint density at radius 1 is 0.949 bits per heavy atom. The predicted molar refractivity (Wildman–Crippen MR) is 154 cm³/mol. The maximum atomic E-state index is 13.3. The van der Waals surface area contributed by atoms with Crippen molar-refractivity contribution in [2.24, 2.45) is 0 Å². The summed E-state index contributed by atoms with van der Waals surface area (Å²) in [6, 6.07) is 26.3. The van der Waals surface area contributed by atoms with Gasteiger partial charge in [-0.3, -0.25) is 4.79 Å². The monoisotopic (exact) mass is 522 g/mol. The number of hydrogen-bond donors (Lipinski definition) is 0. The van der Waals surface area contributed by atoms with E-state index in [1.807, 2.05) is 74.2 Å². The number of ether oxygens (including phenoxy) is 2. The fraction of sp³-hybridized carbons (Fsp3) is 0.303. The van der Waals surface area contributed by atoms with Crippen molar-refractivity contribution in [2.75, 3.05) is 13.2 Å². The number of carbonyl (C=O) groups is 2. The Morgan fingerprint density at radius 2 is 1.64 bits per heavy atom. The molecule has 200 valence electrons.